The SMILES string of the molecule is CCNC(=O)c1ccc(-c2cc3nccnc3c(NCC3CCCNC3)n2)cc1. The van der Waals surface area contributed by atoms with E-state index >= 15 is 0 Å². The third-order valence-corrected chi connectivity index (χ3v) is 5.19. The van der Waals surface area contributed by atoms with Crippen molar-refractivity contribution in [3.05, 3.63) is 48.3 Å². The van der Waals surface area contributed by atoms with Crippen LogP contribution < -0.4 is 16.0 Å². The Labute approximate surface area is 170 Å². The number of carbonyl (C=O) groups is 1. The van der Waals surface area contributed by atoms with Gasteiger partial charge in [0.2, 0.25) is 0 Å². The Kier molecular flexibility index (Phi) is 5.95. The van der Waals surface area contributed by atoms with E-state index in [1.807, 2.05) is 37.3 Å². The number of nitrogens with one attached hydrogen (secondary N) is 3. The number of rotatable bonds is 6. The molecule has 150 valence electrons. The lowest BCUT2D eigenvalue weighted by molar-refractivity contribution is 0.0956. The van der Waals surface area contributed by atoms with Crippen LogP contribution in [0.3, 0.4) is 0 Å². The van der Waals surface area contributed by atoms with Gasteiger partial charge in [0.1, 0.15) is 5.52 Å². The lowest BCUT2D eigenvalue weighted by atomic mass is 10.00. The Morgan fingerprint density at radius 2 is 2.03 bits per heavy atom. The van der Waals surface area contributed by atoms with Crippen molar-refractivity contribution < 1.29 is 4.79 Å². The van der Waals surface area contributed by atoms with Crippen LogP contribution in [-0.2, 0) is 0 Å². The molecule has 3 aromatic rings. The molecule has 1 atom stereocenters. The molecule has 1 fully saturated rings. The molecule has 0 aliphatic carbocycles. The molecule has 4 rings (SSSR count). The first-order chi connectivity index (χ1) is 14.2. The van der Waals surface area contributed by atoms with E-state index in [9.17, 15) is 4.79 Å². The number of carbonyl (C=O) groups excluding carboxylic acids is 1. The summed E-state index contributed by atoms with van der Waals surface area (Å²) in [6.07, 6.45) is 5.81. The van der Waals surface area contributed by atoms with Crippen molar-refractivity contribution in [2.75, 3.05) is 31.5 Å². The summed E-state index contributed by atoms with van der Waals surface area (Å²) < 4.78 is 0. The third kappa shape index (κ3) is 4.51. The lowest BCUT2D eigenvalue weighted by Crippen LogP contribution is -2.33. The number of piperidine rings is 1. The van der Waals surface area contributed by atoms with Gasteiger partial charge in [0.05, 0.1) is 11.2 Å². The summed E-state index contributed by atoms with van der Waals surface area (Å²) in [5, 5.41) is 9.76. The zero-order valence-corrected chi connectivity index (χ0v) is 16.6. The molecule has 1 aliphatic rings. The molecule has 7 heteroatoms. The summed E-state index contributed by atoms with van der Waals surface area (Å²) in [5.41, 5.74) is 3.96. The molecule has 1 aromatic carbocycles. The van der Waals surface area contributed by atoms with Gasteiger partial charge in [-0.2, -0.15) is 0 Å². The van der Waals surface area contributed by atoms with Gasteiger partial charge in [0, 0.05) is 36.6 Å². The summed E-state index contributed by atoms with van der Waals surface area (Å²) in [4.78, 5) is 25.8. The molecule has 2 aromatic heterocycles. The first-order valence-electron chi connectivity index (χ1n) is 10.2. The highest BCUT2D eigenvalue weighted by Crippen LogP contribution is 2.26. The van der Waals surface area contributed by atoms with Crippen LogP contribution in [0.1, 0.15) is 30.1 Å². The topological polar surface area (TPSA) is 91.8 Å². The van der Waals surface area contributed by atoms with Crippen molar-refractivity contribution in [3.8, 4) is 11.3 Å². The highest BCUT2D eigenvalue weighted by atomic mass is 16.1. The molecule has 0 bridgehead atoms. The number of aromatic nitrogens is 3. The second-order valence-corrected chi connectivity index (χ2v) is 7.31. The number of anilines is 1. The van der Waals surface area contributed by atoms with Crippen LogP contribution >= 0.6 is 0 Å². The molecule has 1 amide bonds. The predicted molar refractivity (Wildman–Crippen MR) is 115 cm³/mol. The van der Waals surface area contributed by atoms with Gasteiger partial charge >= 0.3 is 0 Å². The second-order valence-electron chi connectivity index (χ2n) is 7.31. The number of amides is 1. The number of pyridine rings is 1. The van der Waals surface area contributed by atoms with Crippen LogP contribution in [0.4, 0.5) is 5.82 Å². The molecular formula is C22H26N6O. The van der Waals surface area contributed by atoms with Gasteiger partial charge in [-0.3, -0.25) is 9.78 Å². The minimum atomic E-state index is -0.0696. The summed E-state index contributed by atoms with van der Waals surface area (Å²) in [7, 11) is 0. The maximum absolute atomic E-state index is 12.0. The zero-order valence-electron chi connectivity index (χ0n) is 16.6. The van der Waals surface area contributed by atoms with Crippen molar-refractivity contribution in [2.24, 2.45) is 5.92 Å². The Bertz CT molecular complexity index is 982. The normalized spacial score (nSPS) is 16.5. The molecule has 0 spiro atoms. The van der Waals surface area contributed by atoms with E-state index in [-0.39, 0.29) is 5.91 Å². The molecule has 1 aliphatic heterocycles. The Balaban J connectivity index is 1.61. The highest BCUT2D eigenvalue weighted by Gasteiger charge is 2.15. The van der Waals surface area contributed by atoms with Crippen LogP contribution in [0, 0.1) is 5.92 Å². The van der Waals surface area contributed by atoms with E-state index in [0.717, 1.165) is 47.7 Å². The molecule has 1 saturated heterocycles. The smallest absolute Gasteiger partial charge is 0.251 e. The van der Waals surface area contributed by atoms with Crippen molar-refractivity contribution in [1.82, 2.24) is 25.6 Å². The zero-order chi connectivity index (χ0) is 20.1. The summed E-state index contributed by atoms with van der Waals surface area (Å²) in [6, 6.07) is 9.43. The Morgan fingerprint density at radius 3 is 2.79 bits per heavy atom. The molecule has 0 saturated carbocycles. The van der Waals surface area contributed by atoms with E-state index in [1.165, 1.54) is 12.8 Å². The number of fused-ring (bicyclic) bond motifs is 1. The van der Waals surface area contributed by atoms with Gasteiger partial charge in [-0.25, -0.2) is 9.97 Å². The van der Waals surface area contributed by atoms with Crippen molar-refractivity contribution in [2.45, 2.75) is 19.8 Å². The number of hydrogen-bond acceptors (Lipinski definition) is 6. The number of hydrogen-bond donors (Lipinski definition) is 3. The van der Waals surface area contributed by atoms with Crippen molar-refractivity contribution in [3.63, 3.8) is 0 Å². The summed E-state index contributed by atoms with van der Waals surface area (Å²) >= 11 is 0. The van der Waals surface area contributed by atoms with Gasteiger partial charge in [0.15, 0.2) is 5.82 Å². The van der Waals surface area contributed by atoms with E-state index < -0.39 is 0 Å². The van der Waals surface area contributed by atoms with Gasteiger partial charge < -0.3 is 16.0 Å². The number of nitrogens with zero attached hydrogens (tertiary/aromatic N) is 3. The third-order valence-electron chi connectivity index (χ3n) is 5.19. The summed E-state index contributed by atoms with van der Waals surface area (Å²) in [5.74, 6) is 1.26. The van der Waals surface area contributed by atoms with Gasteiger partial charge in [-0.15, -0.1) is 0 Å². The molecule has 29 heavy (non-hydrogen) atoms. The largest absolute Gasteiger partial charge is 0.368 e. The first kappa shape index (κ1) is 19.3. The fourth-order valence-electron chi connectivity index (χ4n) is 3.64. The molecule has 3 heterocycles. The maximum atomic E-state index is 12.0. The fourth-order valence-corrected chi connectivity index (χ4v) is 3.64. The average Bonchev–Trinajstić information content (AvgIpc) is 2.78. The monoisotopic (exact) mass is 390 g/mol. The second kappa shape index (κ2) is 8.96. The molecular weight excluding hydrogens is 364 g/mol. The molecule has 0 radical (unpaired) electrons. The quantitative estimate of drug-likeness (QED) is 0.599. The van der Waals surface area contributed by atoms with E-state index in [1.54, 1.807) is 12.4 Å². The fraction of sp³-hybridized carbons (Fsp3) is 0.364. The minimum absolute atomic E-state index is 0.0696. The van der Waals surface area contributed by atoms with Crippen LogP contribution in [0.15, 0.2) is 42.7 Å². The molecule has 1 unspecified atom stereocenters. The van der Waals surface area contributed by atoms with E-state index in [0.29, 0.717) is 18.0 Å². The highest BCUT2D eigenvalue weighted by molar-refractivity contribution is 5.95. The van der Waals surface area contributed by atoms with Crippen LogP contribution in [-0.4, -0.2) is 47.0 Å². The summed E-state index contributed by atoms with van der Waals surface area (Å²) in [6.45, 7) is 5.50. The predicted octanol–water partition coefficient (Wildman–Crippen LogP) is 2.85. The standard InChI is InChI=1S/C22H26N6O/c1-2-24-22(29)17-7-5-16(6-8-17)18-12-19-20(26-11-10-25-19)21(28-18)27-14-15-4-3-9-23-13-15/h5-8,10-12,15,23H,2-4,9,13-14H2,1H3,(H,24,29)(H,27,28). The van der Waals surface area contributed by atoms with Gasteiger partial charge in [-0.1, -0.05) is 12.1 Å². The maximum Gasteiger partial charge on any atom is 0.251 e. The average molecular weight is 390 g/mol. The van der Waals surface area contributed by atoms with Crippen molar-refractivity contribution >= 4 is 22.8 Å². The molecule has 3 N–H and O–H groups in total. The Hall–Kier alpha value is -3.06. The van der Waals surface area contributed by atoms with Gasteiger partial charge in [-0.05, 0) is 57.0 Å². The Morgan fingerprint density at radius 1 is 1.21 bits per heavy atom. The van der Waals surface area contributed by atoms with Crippen LogP contribution in [0.5, 0.6) is 0 Å². The van der Waals surface area contributed by atoms with Crippen LogP contribution in [0.2, 0.25) is 0 Å². The molecule has 7 nitrogen and oxygen atoms in total. The van der Waals surface area contributed by atoms with E-state index in [2.05, 4.69) is 25.9 Å². The van der Waals surface area contributed by atoms with Gasteiger partial charge in [0.25, 0.3) is 5.91 Å². The van der Waals surface area contributed by atoms with E-state index in [4.69, 9.17) is 4.98 Å². The van der Waals surface area contributed by atoms with Crippen molar-refractivity contribution in [1.29, 1.82) is 0 Å². The first-order valence-corrected chi connectivity index (χ1v) is 10.2. The van der Waals surface area contributed by atoms with Crippen LogP contribution in [0.25, 0.3) is 22.3 Å². The minimum Gasteiger partial charge on any atom is -0.368 e. The lowest BCUT2D eigenvalue weighted by Gasteiger charge is -2.23. The number of benzene rings is 1.